The van der Waals surface area contributed by atoms with E-state index in [1.54, 1.807) is 17.7 Å². The van der Waals surface area contributed by atoms with E-state index in [1.807, 2.05) is 16.5 Å². The summed E-state index contributed by atoms with van der Waals surface area (Å²) in [6, 6.07) is 0. The van der Waals surface area contributed by atoms with Crippen molar-refractivity contribution in [2.45, 2.75) is 44.4 Å². The summed E-state index contributed by atoms with van der Waals surface area (Å²) in [4.78, 5) is 16.5. The van der Waals surface area contributed by atoms with Crippen LogP contribution in [0.3, 0.4) is 0 Å². The van der Waals surface area contributed by atoms with Crippen LogP contribution in [-0.2, 0) is 19.9 Å². The molecule has 5 nitrogen and oxygen atoms in total. The molecule has 0 radical (unpaired) electrons. The van der Waals surface area contributed by atoms with E-state index in [1.165, 1.54) is 23.3 Å². The van der Waals surface area contributed by atoms with Gasteiger partial charge in [-0.2, -0.15) is 0 Å². The second-order valence-corrected chi connectivity index (χ2v) is 7.61. The van der Waals surface area contributed by atoms with Gasteiger partial charge in [-0.05, 0) is 44.1 Å². The minimum atomic E-state index is 0.219. The Hall–Kier alpha value is -1.69. The first-order valence-corrected chi connectivity index (χ1v) is 9.34. The van der Waals surface area contributed by atoms with Crippen molar-refractivity contribution < 1.29 is 4.79 Å². The molecular formula is C17H22N4OS. The molecule has 0 unspecified atom stereocenters. The maximum atomic E-state index is 13.0. The molecule has 6 heteroatoms. The molecule has 0 spiro atoms. The molecule has 1 aliphatic carbocycles. The number of carbonyl (C=O) groups excluding carboxylic acids is 1. The second kappa shape index (κ2) is 6.07. The van der Waals surface area contributed by atoms with Gasteiger partial charge < -0.3 is 9.47 Å². The zero-order valence-electron chi connectivity index (χ0n) is 13.5. The summed E-state index contributed by atoms with van der Waals surface area (Å²) in [5.41, 5.74) is 2.29. The molecule has 0 aromatic carbocycles. The molecule has 4 rings (SSSR count). The van der Waals surface area contributed by atoms with Crippen LogP contribution in [0, 0.1) is 0 Å². The molecular weight excluding hydrogens is 308 g/mol. The Kier molecular flexibility index (Phi) is 3.93. The molecule has 0 saturated carbocycles. The lowest BCUT2D eigenvalue weighted by Gasteiger charge is -2.32. The third-order valence-corrected chi connectivity index (χ3v) is 6.20. The Bertz CT molecular complexity index is 720. The number of fused-ring (bicyclic) bond motifs is 1. The normalized spacial score (nSPS) is 21.3. The summed E-state index contributed by atoms with van der Waals surface area (Å²) in [5.74, 6) is 1.51. The van der Waals surface area contributed by atoms with E-state index in [0.29, 0.717) is 5.92 Å². The van der Waals surface area contributed by atoms with Crippen molar-refractivity contribution in [2.75, 3.05) is 13.1 Å². The molecule has 2 aromatic heterocycles. The Morgan fingerprint density at radius 2 is 2.17 bits per heavy atom. The van der Waals surface area contributed by atoms with Crippen LogP contribution in [0.2, 0.25) is 0 Å². The van der Waals surface area contributed by atoms with Crippen LogP contribution in [0.4, 0.5) is 0 Å². The van der Waals surface area contributed by atoms with Crippen LogP contribution < -0.4 is 0 Å². The molecule has 1 saturated heterocycles. The standard InChI is InChI=1S/C17H22N4OS/c1-20-11-18-19-16(20)12-5-4-8-21(9-12)17(22)14-10-23-15-7-3-2-6-13(14)15/h10-12H,2-9H2,1H3/t12-/m1/s1. The molecule has 1 amide bonds. The lowest BCUT2D eigenvalue weighted by Crippen LogP contribution is -2.40. The predicted molar refractivity (Wildman–Crippen MR) is 89.8 cm³/mol. The van der Waals surface area contributed by atoms with Gasteiger partial charge in [0.25, 0.3) is 5.91 Å². The number of amides is 1. The van der Waals surface area contributed by atoms with E-state index in [0.717, 1.165) is 50.2 Å². The molecule has 1 atom stereocenters. The third kappa shape index (κ3) is 2.69. The number of hydrogen-bond acceptors (Lipinski definition) is 4. The first-order valence-electron chi connectivity index (χ1n) is 8.46. The highest BCUT2D eigenvalue weighted by Gasteiger charge is 2.30. The van der Waals surface area contributed by atoms with Gasteiger partial charge in [-0.3, -0.25) is 4.79 Å². The number of aromatic nitrogens is 3. The van der Waals surface area contributed by atoms with E-state index in [9.17, 15) is 4.79 Å². The van der Waals surface area contributed by atoms with Crippen LogP contribution in [-0.4, -0.2) is 38.7 Å². The second-order valence-electron chi connectivity index (χ2n) is 6.65. The molecule has 2 aliphatic rings. The topological polar surface area (TPSA) is 51.0 Å². The zero-order valence-corrected chi connectivity index (χ0v) is 14.3. The van der Waals surface area contributed by atoms with Crippen molar-refractivity contribution in [3.05, 3.63) is 33.5 Å². The summed E-state index contributed by atoms with van der Waals surface area (Å²) >= 11 is 1.77. The first kappa shape index (κ1) is 14.9. The van der Waals surface area contributed by atoms with E-state index in [2.05, 4.69) is 15.6 Å². The van der Waals surface area contributed by atoms with Gasteiger partial charge in [-0.1, -0.05) is 0 Å². The van der Waals surface area contributed by atoms with Crippen molar-refractivity contribution in [2.24, 2.45) is 7.05 Å². The Balaban J connectivity index is 1.54. The number of aryl methyl sites for hydroxylation is 2. The highest BCUT2D eigenvalue weighted by molar-refractivity contribution is 7.10. The van der Waals surface area contributed by atoms with Crippen molar-refractivity contribution in [1.29, 1.82) is 0 Å². The Morgan fingerprint density at radius 3 is 3.00 bits per heavy atom. The maximum Gasteiger partial charge on any atom is 0.255 e. The fourth-order valence-corrected chi connectivity index (χ4v) is 5.00. The Labute approximate surface area is 140 Å². The summed E-state index contributed by atoms with van der Waals surface area (Å²) in [6.45, 7) is 1.62. The molecule has 3 heterocycles. The van der Waals surface area contributed by atoms with Crippen molar-refractivity contribution in [3.8, 4) is 0 Å². The van der Waals surface area contributed by atoms with Crippen LogP contribution in [0.5, 0.6) is 0 Å². The van der Waals surface area contributed by atoms with Crippen LogP contribution in [0.1, 0.15) is 58.2 Å². The quantitative estimate of drug-likeness (QED) is 0.851. The van der Waals surface area contributed by atoms with Crippen molar-refractivity contribution >= 4 is 17.2 Å². The molecule has 1 aliphatic heterocycles. The Morgan fingerprint density at radius 1 is 1.30 bits per heavy atom. The van der Waals surface area contributed by atoms with Crippen LogP contribution in [0.15, 0.2) is 11.7 Å². The predicted octanol–water partition coefficient (Wildman–Crippen LogP) is 2.78. The molecule has 0 N–H and O–H groups in total. The summed E-state index contributed by atoms with van der Waals surface area (Å²) < 4.78 is 1.98. The SMILES string of the molecule is Cn1cnnc1[C@@H]1CCCN(C(=O)c2csc3c2CCCC3)C1. The highest BCUT2D eigenvalue weighted by atomic mass is 32.1. The van der Waals surface area contributed by atoms with Crippen LogP contribution >= 0.6 is 11.3 Å². The van der Waals surface area contributed by atoms with Gasteiger partial charge in [-0.15, -0.1) is 21.5 Å². The maximum absolute atomic E-state index is 13.0. The van der Waals surface area contributed by atoms with Crippen molar-refractivity contribution in [3.63, 3.8) is 0 Å². The molecule has 2 aromatic rings. The minimum Gasteiger partial charge on any atom is -0.338 e. The number of nitrogens with zero attached hydrogens (tertiary/aromatic N) is 4. The minimum absolute atomic E-state index is 0.219. The van der Waals surface area contributed by atoms with Crippen molar-refractivity contribution in [1.82, 2.24) is 19.7 Å². The van der Waals surface area contributed by atoms with E-state index >= 15 is 0 Å². The molecule has 23 heavy (non-hydrogen) atoms. The van der Waals surface area contributed by atoms with Gasteiger partial charge in [0.1, 0.15) is 12.2 Å². The number of rotatable bonds is 2. The van der Waals surface area contributed by atoms with E-state index < -0.39 is 0 Å². The first-order chi connectivity index (χ1) is 11.2. The lowest BCUT2D eigenvalue weighted by atomic mass is 9.93. The number of likely N-dealkylation sites (tertiary alicyclic amines) is 1. The fourth-order valence-electron chi connectivity index (χ4n) is 3.88. The molecule has 0 bridgehead atoms. The highest BCUT2D eigenvalue weighted by Crippen LogP contribution is 2.32. The number of hydrogen-bond donors (Lipinski definition) is 0. The van der Waals surface area contributed by atoms with Gasteiger partial charge in [0, 0.05) is 36.3 Å². The van der Waals surface area contributed by atoms with E-state index in [-0.39, 0.29) is 5.91 Å². The summed E-state index contributed by atoms with van der Waals surface area (Å²) in [6.07, 6.45) is 8.55. The smallest absolute Gasteiger partial charge is 0.255 e. The molecule has 1 fully saturated rings. The third-order valence-electron chi connectivity index (χ3n) is 5.11. The molecule has 122 valence electrons. The summed E-state index contributed by atoms with van der Waals surface area (Å²) in [7, 11) is 1.98. The monoisotopic (exact) mass is 330 g/mol. The van der Waals surface area contributed by atoms with Crippen LogP contribution in [0.25, 0.3) is 0 Å². The largest absolute Gasteiger partial charge is 0.338 e. The fraction of sp³-hybridized carbons (Fsp3) is 0.588. The van der Waals surface area contributed by atoms with E-state index in [4.69, 9.17) is 0 Å². The number of carbonyl (C=O) groups is 1. The average molecular weight is 330 g/mol. The average Bonchev–Trinajstić information content (AvgIpc) is 3.20. The van der Waals surface area contributed by atoms with Gasteiger partial charge >= 0.3 is 0 Å². The van der Waals surface area contributed by atoms with Gasteiger partial charge in [-0.25, -0.2) is 0 Å². The lowest BCUT2D eigenvalue weighted by molar-refractivity contribution is 0.0702. The zero-order chi connectivity index (χ0) is 15.8. The van der Waals surface area contributed by atoms with Gasteiger partial charge in [0.15, 0.2) is 0 Å². The number of piperidine rings is 1. The van der Waals surface area contributed by atoms with Gasteiger partial charge in [0.05, 0.1) is 5.56 Å². The number of thiophene rings is 1. The van der Waals surface area contributed by atoms with Gasteiger partial charge in [0.2, 0.25) is 0 Å². The summed E-state index contributed by atoms with van der Waals surface area (Å²) in [5, 5.41) is 10.3.